The molecule has 0 saturated heterocycles. The third-order valence-electron chi connectivity index (χ3n) is 0.712. The molecule has 0 unspecified atom stereocenters. The van der Waals surface area contributed by atoms with Crippen LogP contribution in [-0.4, -0.2) is 4.98 Å². The van der Waals surface area contributed by atoms with Crippen LogP contribution in [0, 0.1) is 0 Å². The zero-order valence-corrected chi connectivity index (χ0v) is 5.06. The Labute approximate surface area is 51.7 Å². The molecule has 0 radical (unpaired) electrons. The van der Waals surface area contributed by atoms with Gasteiger partial charge in [0.05, 0.1) is 5.51 Å². The second kappa shape index (κ2) is 2.47. The molecule has 8 heavy (non-hydrogen) atoms. The largest absolute Gasteiger partial charge is 0.405 e. The minimum atomic E-state index is 1.09. The Kier molecular flexibility index (Phi) is 1.64. The molecule has 1 aromatic heterocycles. The van der Waals surface area contributed by atoms with Crippen molar-refractivity contribution in [2.24, 2.45) is 5.73 Å². The van der Waals surface area contributed by atoms with Gasteiger partial charge in [0, 0.05) is 11.1 Å². The monoisotopic (exact) mass is 126 g/mol. The van der Waals surface area contributed by atoms with E-state index in [-0.39, 0.29) is 0 Å². The van der Waals surface area contributed by atoms with Crippen LogP contribution in [0.3, 0.4) is 0 Å². The van der Waals surface area contributed by atoms with Crippen molar-refractivity contribution in [3.05, 3.63) is 22.8 Å². The highest BCUT2D eigenvalue weighted by molar-refractivity contribution is 7.10. The van der Waals surface area contributed by atoms with Gasteiger partial charge in [0.25, 0.3) is 0 Å². The molecule has 1 rings (SSSR count). The highest BCUT2D eigenvalue weighted by Crippen LogP contribution is 2.05. The minimum Gasteiger partial charge on any atom is -0.405 e. The van der Waals surface area contributed by atoms with Gasteiger partial charge >= 0.3 is 0 Å². The zero-order chi connectivity index (χ0) is 5.82. The molecule has 1 aromatic rings. The second-order valence-electron chi connectivity index (χ2n) is 1.26. The van der Waals surface area contributed by atoms with Crippen LogP contribution in [0.5, 0.6) is 0 Å². The summed E-state index contributed by atoms with van der Waals surface area (Å²) in [6.45, 7) is 0. The number of hydrogen-bond donors (Lipinski definition) is 1. The van der Waals surface area contributed by atoms with Gasteiger partial charge in [0.1, 0.15) is 0 Å². The van der Waals surface area contributed by atoms with Crippen molar-refractivity contribution >= 4 is 17.4 Å². The van der Waals surface area contributed by atoms with E-state index >= 15 is 0 Å². The highest BCUT2D eigenvalue weighted by atomic mass is 32.1. The number of nitrogens with two attached hydrogens (primary N) is 1. The summed E-state index contributed by atoms with van der Waals surface area (Å²) in [5.74, 6) is 0. The second-order valence-corrected chi connectivity index (χ2v) is 2.18. The van der Waals surface area contributed by atoms with E-state index < -0.39 is 0 Å². The van der Waals surface area contributed by atoms with E-state index in [4.69, 9.17) is 5.73 Å². The van der Waals surface area contributed by atoms with Crippen LogP contribution in [0.25, 0.3) is 6.08 Å². The summed E-state index contributed by atoms with van der Waals surface area (Å²) in [6.07, 6.45) is 5.10. The maximum atomic E-state index is 5.12. The number of thiazole rings is 1. The van der Waals surface area contributed by atoms with Gasteiger partial charge in [-0.25, -0.2) is 0 Å². The van der Waals surface area contributed by atoms with Crippen LogP contribution in [-0.2, 0) is 0 Å². The predicted molar refractivity (Wildman–Crippen MR) is 35.3 cm³/mol. The number of rotatable bonds is 1. The van der Waals surface area contributed by atoms with Crippen molar-refractivity contribution in [2.75, 3.05) is 0 Å². The molecule has 2 N–H and O–H groups in total. The van der Waals surface area contributed by atoms with E-state index in [0.29, 0.717) is 0 Å². The summed E-state index contributed by atoms with van der Waals surface area (Å²) in [5.41, 5.74) is 6.89. The van der Waals surface area contributed by atoms with Crippen LogP contribution in [0.2, 0.25) is 0 Å². The molecule has 0 saturated carbocycles. The summed E-state index contributed by atoms with van der Waals surface area (Å²) in [5, 5.41) is 0. The standard InChI is InChI=1S/C5H6N2S/c6-2-1-5-3-7-4-8-5/h1-4H,6H2/b2-1+. The summed E-state index contributed by atoms with van der Waals surface area (Å²) in [6, 6.07) is 0. The molecule has 0 fully saturated rings. The van der Waals surface area contributed by atoms with E-state index in [0.717, 1.165) is 4.88 Å². The van der Waals surface area contributed by atoms with Crippen molar-refractivity contribution in [3.63, 3.8) is 0 Å². The van der Waals surface area contributed by atoms with Gasteiger partial charge in [0.2, 0.25) is 0 Å². The van der Waals surface area contributed by atoms with Crippen LogP contribution in [0.15, 0.2) is 17.9 Å². The maximum absolute atomic E-state index is 5.12. The smallest absolute Gasteiger partial charge is 0.0797 e. The van der Waals surface area contributed by atoms with Crippen molar-refractivity contribution in [2.45, 2.75) is 0 Å². The van der Waals surface area contributed by atoms with Crippen LogP contribution < -0.4 is 5.73 Å². The average Bonchev–Trinajstić information content (AvgIpc) is 2.19. The van der Waals surface area contributed by atoms with Gasteiger partial charge in [-0.05, 0) is 12.3 Å². The maximum Gasteiger partial charge on any atom is 0.0797 e. The quantitative estimate of drug-likeness (QED) is 0.611. The van der Waals surface area contributed by atoms with E-state index in [1.54, 1.807) is 23.0 Å². The van der Waals surface area contributed by atoms with Gasteiger partial charge in [-0.15, -0.1) is 11.3 Å². The first kappa shape index (κ1) is 5.31. The zero-order valence-electron chi connectivity index (χ0n) is 4.24. The van der Waals surface area contributed by atoms with E-state index in [9.17, 15) is 0 Å². The molecule has 0 aliphatic rings. The third kappa shape index (κ3) is 1.07. The van der Waals surface area contributed by atoms with E-state index in [1.165, 1.54) is 6.20 Å². The number of nitrogens with zero attached hydrogens (tertiary/aromatic N) is 1. The fourth-order valence-corrected chi connectivity index (χ4v) is 0.925. The lowest BCUT2D eigenvalue weighted by atomic mass is 10.5. The molecule has 0 aromatic carbocycles. The molecule has 2 nitrogen and oxygen atoms in total. The first-order chi connectivity index (χ1) is 3.93. The third-order valence-corrected chi connectivity index (χ3v) is 1.45. The van der Waals surface area contributed by atoms with Crippen molar-refractivity contribution in [1.29, 1.82) is 0 Å². The molecular formula is C5H6N2S. The highest BCUT2D eigenvalue weighted by Gasteiger charge is 1.82. The first-order valence-corrected chi connectivity index (χ1v) is 3.08. The van der Waals surface area contributed by atoms with E-state index in [1.807, 2.05) is 6.08 Å². The molecule has 1 heterocycles. The SMILES string of the molecule is N/C=C/c1cncs1. The Morgan fingerprint density at radius 3 is 3.12 bits per heavy atom. The van der Waals surface area contributed by atoms with Gasteiger partial charge in [-0.2, -0.15) is 0 Å². The van der Waals surface area contributed by atoms with Crippen molar-refractivity contribution < 1.29 is 0 Å². The molecule has 0 aliphatic heterocycles. The average molecular weight is 126 g/mol. The minimum absolute atomic E-state index is 1.09. The van der Waals surface area contributed by atoms with Gasteiger partial charge in [-0.1, -0.05) is 0 Å². The van der Waals surface area contributed by atoms with Crippen molar-refractivity contribution in [1.82, 2.24) is 4.98 Å². The number of hydrogen-bond acceptors (Lipinski definition) is 3. The predicted octanol–water partition coefficient (Wildman–Crippen LogP) is 1.07. The van der Waals surface area contributed by atoms with E-state index in [2.05, 4.69) is 4.98 Å². The first-order valence-electron chi connectivity index (χ1n) is 2.20. The number of aromatic nitrogens is 1. The Morgan fingerprint density at radius 2 is 2.62 bits per heavy atom. The normalized spacial score (nSPS) is 10.5. The van der Waals surface area contributed by atoms with Crippen LogP contribution >= 0.6 is 11.3 Å². The lowest BCUT2D eigenvalue weighted by Crippen LogP contribution is -1.72. The molecule has 42 valence electrons. The van der Waals surface area contributed by atoms with Gasteiger partial charge in [-0.3, -0.25) is 4.98 Å². The van der Waals surface area contributed by atoms with Gasteiger partial charge in [0.15, 0.2) is 0 Å². The van der Waals surface area contributed by atoms with Gasteiger partial charge < -0.3 is 5.73 Å². The molecule has 0 atom stereocenters. The van der Waals surface area contributed by atoms with Crippen molar-refractivity contribution in [3.8, 4) is 0 Å². The lowest BCUT2D eigenvalue weighted by Gasteiger charge is -1.73. The lowest BCUT2D eigenvalue weighted by molar-refractivity contribution is 1.42. The van der Waals surface area contributed by atoms with Crippen LogP contribution in [0.4, 0.5) is 0 Å². The fourth-order valence-electron chi connectivity index (χ4n) is 0.403. The summed E-state index contributed by atoms with van der Waals surface area (Å²) >= 11 is 1.57. The summed E-state index contributed by atoms with van der Waals surface area (Å²) in [4.78, 5) is 4.94. The molecule has 0 bridgehead atoms. The molecule has 0 spiro atoms. The Hall–Kier alpha value is -0.830. The molecule has 0 amide bonds. The molecule has 0 aliphatic carbocycles. The molecular weight excluding hydrogens is 120 g/mol. The fraction of sp³-hybridized carbons (Fsp3) is 0. The summed E-state index contributed by atoms with van der Waals surface area (Å²) in [7, 11) is 0. The topological polar surface area (TPSA) is 38.9 Å². The Morgan fingerprint density at radius 1 is 1.75 bits per heavy atom. The molecule has 3 heteroatoms. The van der Waals surface area contributed by atoms with Crippen LogP contribution in [0.1, 0.15) is 4.88 Å². The summed E-state index contributed by atoms with van der Waals surface area (Å²) < 4.78 is 0. The Bertz CT molecular complexity index is 167. The Balaban J connectivity index is 2.77.